The first-order valence-electron chi connectivity index (χ1n) is 7.71. The van der Waals surface area contributed by atoms with E-state index in [1.54, 1.807) is 17.9 Å². The molecule has 5 nitrogen and oxygen atoms in total. The summed E-state index contributed by atoms with van der Waals surface area (Å²) in [6.07, 6.45) is 3.87. The van der Waals surface area contributed by atoms with Crippen LogP contribution in [0.2, 0.25) is 0 Å². The SMILES string of the molecule is CCn1ccc(C(=O)N2CCC[C@H]2c2ccc(OC)cc2)n1. The van der Waals surface area contributed by atoms with Crippen LogP contribution in [0.4, 0.5) is 0 Å². The summed E-state index contributed by atoms with van der Waals surface area (Å²) in [4.78, 5) is 14.6. The molecule has 116 valence electrons. The van der Waals surface area contributed by atoms with E-state index in [0.29, 0.717) is 5.69 Å². The number of carbonyl (C=O) groups is 1. The number of aryl methyl sites for hydroxylation is 1. The number of amides is 1. The normalized spacial score (nSPS) is 17.7. The Balaban J connectivity index is 1.81. The molecule has 1 fully saturated rings. The summed E-state index contributed by atoms with van der Waals surface area (Å²) >= 11 is 0. The number of methoxy groups -OCH3 is 1. The van der Waals surface area contributed by atoms with Crippen molar-refractivity contribution in [2.45, 2.75) is 32.4 Å². The first-order chi connectivity index (χ1) is 10.7. The fraction of sp³-hybridized carbons (Fsp3) is 0.412. The third kappa shape index (κ3) is 2.71. The van der Waals surface area contributed by atoms with Crippen molar-refractivity contribution in [3.05, 3.63) is 47.8 Å². The topological polar surface area (TPSA) is 47.4 Å². The molecule has 0 aliphatic carbocycles. The highest BCUT2D eigenvalue weighted by molar-refractivity contribution is 5.92. The van der Waals surface area contributed by atoms with E-state index in [4.69, 9.17) is 4.74 Å². The van der Waals surface area contributed by atoms with Gasteiger partial charge in [-0.1, -0.05) is 12.1 Å². The van der Waals surface area contributed by atoms with Gasteiger partial charge in [-0.05, 0) is 43.5 Å². The van der Waals surface area contributed by atoms with Crippen molar-refractivity contribution in [1.82, 2.24) is 14.7 Å². The lowest BCUT2D eigenvalue weighted by Crippen LogP contribution is -2.31. The standard InChI is InChI=1S/C17H21N3O2/c1-3-19-12-10-15(18-19)17(21)20-11-4-5-16(20)13-6-8-14(22-2)9-7-13/h6-10,12,16H,3-5,11H2,1-2H3/t16-/m0/s1. The van der Waals surface area contributed by atoms with Crippen molar-refractivity contribution in [2.75, 3.05) is 13.7 Å². The van der Waals surface area contributed by atoms with Crippen LogP contribution in [0, 0.1) is 0 Å². The lowest BCUT2D eigenvalue weighted by atomic mass is 10.0. The number of aromatic nitrogens is 2. The Morgan fingerprint density at radius 2 is 2.09 bits per heavy atom. The second-order valence-corrected chi connectivity index (χ2v) is 5.49. The summed E-state index contributed by atoms with van der Waals surface area (Å²) in [6, 6.07) is 9.91. The van der Waals surface area contributed by atoms with Crippen molar-refractivity contribution in [3.63, 3.8) is 0 Å². The molecule has 0 saturated carbocycles. The maximum absolute atomic E-state index is 12.7. The van der Waals surface area contributed by atoms with Gasteiger partial charge >= 0.3 is 0 Å². The zero-order valence-electron chi connectivity index (χ0n) is 13.0. The summed E-state index contributed by atoms with van der Waals surface area (Å²) in [5, 5.41) is 4.33. The lowest BCUT2D eigenvalue weighted by Gasteiger charge is -2.24. The van der Waals surface area contributed by atoms with E-state index in [1.807, 2.05) is 42.3 Å². The zero-order chi connectivity index (χ0) is 15.5. The van der Waals surface area contributed by atoms with E-state index in [2.05, 4.69) is 5.10 Å². The van der Waals surface area contributed by atoms with Gasteiger partial charge in [-0.2, -0.15) is 5.10 Å². The molecular weight excluding hydrogens is 278 g/mol. The molecule has 0 bridgehead atoms. The molecule has 1 aliphatic heterocycles. The van der Waals surface area contributed by atoms with E-state index in [-0.39, 0.29) is 11.9 Å². The van der Waals surface area contributed by atoms with Crippen molar-refractivity contribution >= 4 is 5.91 Å². The Hall–Kier alpha value is -2.30. The molecule has 0 radical (unpaired) electrons. The maximum atomic E-state index is 12.7. The monoisotopic (exact) mass is 299 g/mol. The minimum atomic E-state index is 0.0190. The van der Waals surface area contributed by atoms with E-state index in [1.165, 1.54) is 0 Å². The number of hydrogen-bond acceptors (Lipinski definition) is 3. The maximum Gasteiger partial charge on any atom is 0.274 e. The largest absolute Gasteiger partial charge is 0.497 e. The predicted molar refractivity (Wildman–Crippen MR) is 83.9 cm³/mol. The molecule has 1 aromatic carbocycles. The highest BCUT2D eigenvalue weighted by Crippen LogP contribution is 2.33. The predicted octanol–water partition coefficient (Wildman–Crippen LogP) is 2.89. The highest BCUT2D eigenvalue weighted by atomic mass is 16.5. The molecule has 1 aromatic heterocycles. The van der Waals surface area contributed by atoms with Gasteiger partial charge in [0, 0.05) is 19.3 Å². The molecule has 0 spiro atoms. The van der Waals surface area contributed by atoms with Gasteiger partial charge in [0.05, 0.1) is 13.2 Å². The molecule has 5 heteroatoms. The number of nitrogens with zero attached hydrogens (tertiary/aromatic N) is 3. The summed E-state index contributed by atoms with van der Waals surface area (Å²) in [5.74, 6) is 0.854. The molecule has 2 aromatic rings. The van der Waals surface area contributed by atoms with Gasteiger partial charge in [-0.25, -0.2) is 0 Å². The van der Waals surface area contributed by atoms with Gasteiger partial charge in [-0.15, -0.1) is 0 Å². The van der Waals surface area contributed by atoms with Crippen molar-refractivity contribution in [1.29, 1.82) is 0 Å². The van der Waals surface area contributed by atoms with Crippen molar-refractivity contribution in [2.24, 2.45) is 0 Å². The molecular formula is C17H21N3O2. The van der Waals surface area contributed by atoms with Gasteiger partial charge in [0.2, 0.25) is 0 Å². The smallest absolute Gasteiger partial charge is 0.274 e. The van der Waals surface area contributed by atoms with Crippen LogP contribution < -0.4 is 4.74 Å². The Bertz CT molecular complexity index is 648. The number of carbonyl (C=O) groups excluding carboxylic acids is 1. The van der Waals surface area contributed by atoms with Crippen LogP contribution in [0.25, 0.3) is 0 Å². The number of hydrogen-bond donors (Lipinski definition) is 0. The molecule has 1 saturated heterocycles. The molecule has 1 aliphatic rings. The number of benzene rings is 1. The van der Waals surface area contributed by atoms with Crippen LogP contribution >= 0.6 is 0 Å². The van der Waals surface area contributed by atoms with E-state index in [0.717, 1.165) is 37.2 Å². The van der Waals surface area contributed by atoms with Crippen LogP contribution in [-0.4, -0.2) is 34.2 Å². The van der Waals surface area contributed by atoms with E-state index < -0.39 is 0 Å². The number of likely N-dealkylation sites (tertiary alicyclic amines) is 1. The minimum absolute atomic E-state index is 0.0190. The fourth-order valence-corrected chi connectivity index (χ4v) is 2.98. The van der Waals surface area contributed by atoms with E-state index in [9.17, 15) is 4.79 Å². The molecule has 0 unspecified atom stereocenters. The summed E-state index contributed by atoms with van der Waals surface area (Å²) in [5.41, 5.74) is 1.68. The van der Waals surface area contributed by atoms with E-state index >= 15 is 0 Å². The van der Waals surface area contributed by atoms with Crippen LogP contribution in [0.5, 0.6) is 5.75 Å². The van der Waals surface area contributed by atoms with Gasteiger partial charge in [0.25, 0.3) is 5.91 Å². The Morgan fingerprint density at radius 3 is 2.73 bits per heavy atom. The van der Waals surface area contributed by atoms with Gasteiger partial charge in [-0.3, -0.25) is 9.48 Å². The summed E-state index contributed by atoms with van der Waals surface area (Å²) in [6.45, 7) is 3.57. The first-order valence-corrected chi connectivity index (χ1v) is 7.71. The molecule has 0 N–H and O–H groups in total. The van der Waals surface area contributed by atoms with Crippen molar-refractivity contribution in [3.8, 4) is 5.75 Å². The van der Waals surface area contributed by atoms with Crippen LogP contribution in [0.15, 0.2) is 36.5 Å². The highest BCUT2D eigenvalue weighted by Gasteiger charge is 2.31. The first kappa shape index (κ1) is 14.6. The number of rotatable bonds is 4. The van der Waals surface area contributed by atoms with Gasteiger partial charge in [0.1, 0.15) is 11.4 Å². The second-order valence-electron chi connectivity index (χ2n) is 5.49. The summed E-state index contributed by atoms with van der Waals surface area (Å²) < 4.78 is 6.98. The summed E-state index contributed by atoms with van der Waals surface area (Å²) in [7, 11) is 1.66. The van der Waals surface area contributed by atoms with Crippen molar-refractivity contribution < 1.29 is 9.53 Å². The fourth-order valence-electron chi connectivity index (χ4n) is 2.98. The second kappa shape index (κ2) is 6.22. The quantitative estimate of drug-likeness (QED) is 0.872. The van der Waals surface area contributed by atoms with Crippen LogP contribution in [0.1, 0.15) is 41.9 Å². The molecule has 2 heterocycles. The molecule has 1 atom stereocenters. The molecule has 3 rings (SSSR count). The molecule has 22 heavy (non-hydrogen) atoms. The molecule has 1 amide bonds. The third-order valence-corrected chi connectivity index (χ3v) is 4.20. The lowest BCUT2D eigenvalue weighted by molar-refractivity contribution is 0.0728. The van der Waals surface area contributed by atoms with Gasteiger partial charge < -0.3 is 9.64 Å². The average molecular weight is 299 g/mol. The average Bonchev–Trinajstić information content (AvgIpc) is 3.23. The van der Waals surface area contributed by atoms with Crippen LogP contribution in [0.3, 0.4) is 0 Å². The zero-order valence-corrected chi connectivity index (χ0v) is 13.0. The Morgan fingerprint density at radius 1 is 1.32 bits per heavy atom. The Kier molecular flexibility index (Phi) is 4.13. The van der Waals surface area contributed by atoms with Gasteiger partial charge in [0.15, 0.2) is 0 Å². The minimum Gasteiger partial charge on any atom is -0.497 e. The third-order valence-electron chi connectivity index (χ3n) is 4.20. The number of ether oxygens (including phenoxy) is 1. The Labute approximate surface area is 130 Å². The van der Waals surface area contributed by atoms with Crippen LogP contribution in [-0.2, 0) is 6.54 Å².